The SMILES string of the molecule is CC(C)CN(CC(C)(C)N1CCNCC1)C1CC1. The van der Waals surface area contributed by atoms with E-state index in [1.807, 2.05) is 0 Å². The Morgan fingerprint density at radius 1 is 1.22 bits per heavy atom. The second-order valence-electron chi connectivity index (χ2n) is 7.10. The second kappa shape index (κ2) is 5.89. The fraction of sp³-hybridized carbons (Fsp3) is 1.00. The van der Waals surface area contributed by atoms with Crippen LogP contribution in [-0.2, 0) is 0 Å². The molecule has 0 bridgehead atoms. The smallest absolute Gasteiger partial charge is 0.0281 e. The molecule has 1 saturated heterocycles. The van der Waals surface area contributed by atoms with Gasteiger partial charge in [-0.3, -0.25) is 9.80 Å². The Balaban J connectivity index is 1.90. The summed E-state index contributed by atoms with van der Waals surface area (Å²) in [6.07, 6.45) is 2.84. The Kier molecular flexibility index (Phi) is 4.68. The van der Waals surface area contributed by atoms with Crippen molar-refractivity contribution in [3.05, 3.63) is 0 Å². The van der Waals surface area contributed by atoms with Crippen LogP contribution in [0.2, 0.25) is 0 Å². The minimum Gasteiger partial charge on any atom is -0.314 e. The van der Waals surface area contributed by atoms with E-state index in [0.717, 1.165) is 25.0 Å². The molecule has 1 heterocycles. The summed E-state index contributed by atoms with van der Waals surface area (Å²) in [6, 6.07) is 0.884. The number of hydrogen-bond donors (Lipinski definition) is 1. The van der Waals surface area contributed by atoms with Gasteiger partial charge in [-0.05, 0) is 32.6 Å². The molecule has 1 N–H and O–H groups in total. The van der Waals surface area contributed by atoms with Gasteiger partial charge in [0.2, 0.25) is 0 Å². The molecule has 1 aliphatic carbocycles. The van der Waals surface area contributed by atoms with Gasteiger partial charge in [0.15, 0.2) is 0 Å². The minimum atomic E-state index is 0.319. The predicted molar refractivity (Wildman–Crippen MR) is 78.0 cm³/mol. The summed E-state index contributed by atoms with van der Waals surface area (Å²) in [5.41, 5.74) is 0.319. The molecule has 0 spiro atoms. The fourth-order valence-corrected chi connectivity index (χ4v) is 3.12. The van der Waals surface area contributed by atoms with Gasteiger partial charge in [-0.15, -0.1) is 0 Å². The molecule has 0 aromatic heterocycles. The molecule has 2 fully saturated rings. The first-order chi connectivity index (χ1) is 8.49. The Hall–Kier alpha value is -0.120. The van der Waals surface area contributed by atoms with Crippen LogP contribution in [0.25, 0.3) is 0 Å². The van der Waals surface area contributed by atoms with Crippen molar-refractivity contribution < 1.29 is 0 Å². The van der Waals surface area contributed by atoms with E-state index >= 15 is 0 Å². The van der Waals surface area contributed by atoms with E-state index in [1.54, 1.807) is 0 Å². The molecule has 18 heavy (non-hydrogen) atoms. The monoisotopic (exact) mass is 253 g/mol. The molecule has 2 rings (SSSR count). The van der Waals surface area contributed by atoms with Crippen molar-refractivity contribution in [3.63, 3.8) is 0 Å². The lowest BCUT2D eigenvalue weighted by Gasteiger charge is -2.44. The van der Waals surface area contributed by atoms with E-state index in [9.17, 15) is 0 Å². The number of nitrogens with one attached hydrogen (secondary N) is 1. The van der Waals surface area contributed by atoms with E-state index in [0.29, 0.717) is 5.54 Å². The molecule has 0 aromatic carbocycles. The second-order valence-corrected chi connectivity index (χ2v) is 7.10. The molecular formula is C15H31N3. The van der Waals surface area contributed by atoms with Crippen LogP contribution in [0.5, 0.6) is 0 Å². The summed E-state index contributed by atoms with van der Waals surface area (Å²) in [5, 5.41) is 3.45. The van der Waals surface area contributed by atoms with Crippen LogP contribution >= 0.6 is 0 Å². The van der Waals surface area contributed by atoms with E-state index in [2.05, 4.69) is 42.8 Å². The summed E-state index contributed by atoms with van der Waals surface area (Å²) >= 11 is 0. The lowest BCUT2D eigenvalue weighted by molar-refractivity contribution is 0.0561. The normalized spacial score (nSPS) is 23.0. The molecular weight excluding hydrogens is 222 g/mol. The maximum absolute atomic E-state index is 3.45. The molecule has 0 atom stereocenters. The third-order valence-corrected chi connectivity index (χ3v) is 4.23. The maximum Gasteiger partial charge on any atom is 0.0281 e. The lowest BCUT2D eigenvalue weighted by atomic mass is 10.00. The topological polar surface area (TPSA) is 18.5 Å². The Morgan fingerprint density at radius 2 is 1.83 bits per heavy atom. The van der Waals surface area contributed by atoms with Gasteiger partial charge >= 0.3 is 0 Å². The van der Waals surface area contributed by atoms with Crippen molar-refractivity contribution in [2.24, 2.45) is 5.92 Å². The zero-order valence-electron chi connectivity index (χ0n) is 12.7. The number of rotatable bonds is 6. The highest BCUT2D eigenvalue weighted by molar-refractivity contribution is 4.93. The average molecular weight is 253 g/mol. The summed E-state index contributed by atoms with van der Waals surface area (Å²) < 4.78 is 0. The van der Waals surface area contributed by atoms with Gasteiger partial charge in [-0.1, -0.05) is 13.8 Å². The van der Waals surface area contributed by atoms with Crippen LogP contribution in [0.3, 0.4) is 0 Å². The Labute approximate surface area is 113 Å². The number of hydrogen-bond acceptors (Lipinski definition) is 3. The average Bonchev–Trinajstić information content (AvgIpc) is 3.12. The van der Waals surface area contributed by atoms with Gasteiger partial charge in [0.1, 0.15) is 0 Å². The van der Waals surface area contributed by atoms with Gasteiger partial charge in [-0.25, -0.2) is 0 Å². The van der Waals surface area contributed by atoms with Crippen LogP contribution < -0.4 is 5.32 Å². The number of piperazine rings is 1. The van der Waals surface area contributed by atoms with Crippen LogP contribution in [-0.4, -0.2) is 60.6 Å². The van der Waals surface area contributed by atoms with Crippen LogP contribution in [0.1, 0.15) is 40.5 Å². The van der Waals surface area contributed by atoms with Crippen molar-refractivity contribution in [1.82, 2.24) is 15.1 Å². The van der Waals surface area contributed by atoms with Crippen molar-refractivity contribution in [2.45, 2.75) is 52.1 Å². The van der Waals surface area contributed by atoms with Crippen molar-refractivity contribution in [1.29, 1.82) is 0 Å². The summed E-state index contributed by atoms with van der Waals surface area (Å²) in [6.45, 7) is 16.7. The zero-order chi connectivity index (χ0) is 13.2. The van der Waals surface area contributed by atoms with Crippen LogP contribution in [0, 0.1) is 5.92 Å². The van der Waals surface area contributed by atoms with E-state index in [4.69, 9.17) is 0 Å². The first kappa shape index (κ1) is 14.3. The molecule has 0 amide bonds. The largest absolute Gasteiger partial charge is 0.314 e. The number of nitrogens with zero attached hydrogens (tertiary/aromatic N) is 2. The first-order valence-electron chi connectivity index (χ1n) is 7.69. The predicted octanol–water partition coefficient (Wildman–Crippen LogP) is 1.79. The van der Waals surface area contributed by atoms with Crippen LogP contribution in [0.4, 0.5) is 0 Å². The van der Waals surface area contributed by atoms with Crippen molar-refractivity contribution in [2.75, 3.05) is 39.3 Å². The summed E-state index contributed by atoms with van der Waals surface area (Å²) in [7, 11) is 0. The fourth-order valence-electron chi connectivity index (χ4n) is 3.12. The highest BCUT2D eigenvalue weighted by Gasteiger charge is 2.36. The van der Waals surface area contributed by atoms with Crippen LogP contribution in [0.15, 0.2) is 0 Å². The summed E-state index contributed by atoms with van der Waals surface area (Å²) in [4.78, 5) is 5.41. The van der Waals surface area contributed by atoms with E-state index in [-0.39, 0.29) is 0 Å². The van der Waals surface area contributed by atoms with Gasteiger partial charge in [0, 0.05) is 50.8 Å². The molecule has 0 unspecified atom stereocenters. The van der Waals surface area contributed by atoms with Gasteiger partial charge < -0.3 is 5.32 Å². The van der Waals surface area contributed by atoms with Crippen molar-refractivity contribution >= 4 is 0 Å². The molecule has 2 aliphatic rings. The summed E-state index contributed by atoms with van der Waals surface area (Å²) in [5.74, 6) is 0.782. The molecule has 0 aromatic rings. The lowest BCUT2D eigenvalue weighted by Crippen LogP contribution is -2.58. The third-order valence-electron chi connectivity index (χ3n) is 4.23. The quantitative estimate of drug-likeness (QED) is 0.778. The highest BCUT2D eigenvalue weighted by atomic mass is 15.3. The van der Waals surface area contributed by atoms with Crippen molar-refractivity contribution in [3.8, 4) is 0 Å². The molecule has 106 valence electrons. The standard InChI is InChI=1S/C15H31N3/c1-13(2)11-17(14-5-6-14)12-15(3,4)18-9-7-16-8-10-18/h13-14,16H,5-12H2,1-4H3. The van der Waals surface area contributed by atoms with E-state index in [1.165, 1.54) is 39.0 Å². The van der Waals surface area contributed by atoms with Gasteiger partial charge in [0.05, 0.1) is 0 Å². The minimum absolute atomic E-state index is 0.319. The molecule has 3 nitrogen and oxygen atoms in total. The van der Waals surface area contributed by atoms with Gasteiger partial charge in [-0.2, -0.15) is 0 Å². The van der Waals surface area contributed by atoms with Gasteiger partial charge in [0.25, 0.3) is 0 Å². The highest BCUT2D eigenvalue weighted by Crippen LogP contribution is 2.30. The Morgan fingerprint density at radius 3 is 2.33 bits per heavy atom. The molecule has 1 aliphatic heterocycles. The first-order valence-corrected chi connectivity index (χ1v) is 7.69. The zero-order valence-corrected chi connectivity index (χ0v) is 12.7. The third kappa shape index (κ3) is 3.94. The molecule has 1 saturated carbocycles. The maximum atomic E-state index is 3.45. The molecule has 0 radical (unpaired) electrons. The van der Waals surface area contributed by atoms with E-state index < -0.39 is 0 Å². The molecule has 3 heteroatoms. The Bertz CT molecular complexity index is 252.